The lowest BCUT2D eigenvalue weighted by atomic mass is 9.66. The number of fused-ring (bicyclic) bond motifs is 3. The minimum Gasteiger partial charge on any atom is -0.480 e. The average molecular weight is 573 g/mol. The van der Waals surface area contributed by atoms with Crippen LogP contribution in [0.15, 0.2) is 48.5 Å². The molecule has 2 bridgehead atoms. The molecular weight excluding hydrogens is 531 g/mol. The molecule has 4 aliphatic rings. The first-order chi connectivity index (χ1) is 20.3. The third kappa shape index (κ3) is 4.45. The Morgan fingerprint density at radius 2 is 1.69 bits per heavy atom. The van der Waals surface area contributed by atoms with E-state index in [1.54, 1.807) is 17.0 Å². The number of nitrogens with zero attached hydrogens (tertiary/aromatic N) is 4. The van der Waals surface area contributed by atoms with Crippen molar-refractivity contribution in [1.82, 2.24) is 19.4 Å². The van der Waals surface area contributed by atoms with Crippen LogP contribution in [0.3, 0.4) is 0 Å². The SMILES string of the molecule is Cc1nc2ccccc2n1[C@H]1C[C@H]2CC[C@@H](C1)N2CCC1(c2cccc(F)c2)CCN(C(=O)C2(C(=O)O)CCC2)CC1. The van der Waals surface area contributed by atoms with Crippen LogP contribution in [0.2, 0.25) is 0 Å². The van der Waals surface area contributed by atoms with E-state index in [0.29, 0.717) is 44.1 Å². The molecule has 0 radical (unpaired) electrons. The molecule has 3 atom stereocenters. The Hall–Kier alpha value is -3.26. The van der Waals surface area contributed by atoms with Crippen LogP contribution in [0.4, 0.5) is 4.39 Å². The number of para-hydroxylation sites is 2. The lowest BCUT2D eigenvalue weighted by Crippen LogP contribution is -2.56. The van der Waals surface area contributed by atoms with E-state index in [0.717, 1.165) is 62.0 Å². The van der Waals surface area contributed by atoms with Crippen LogP contribution in [-0.2, 0) is 15.0 Å². The number of carbonyl (C=O) groups is 2. The summed E-state index contributed by atoms with van der Waals surface area (Å²) in [6.07, 6.45) is 8.66. The van der Waals surface area contributed by atoms with Crippen LogP contribution < -0.4 is 0 Å². The normalized spacial score (nSPS) is 26.7. The van der Waals surface area contributed by atoms with Crippen molar-refractivity contribution in [1.29, 1.82) is 0 Å². The van der Waals surface area contributed by atoms with Crippen molar-refractivity contribution in [3.63, 3.8) is 0 Å². The maximum Gasteiger partial charge on any atom is 0.319 e. The van der Waals surface area contributed by atoms with E-state index in [2.05, 4.69) is 40.7 Å². The summed E-state index contributed by atoms with van der Waals surface area (Å²) in [6.45, 7) is 4.12. The zero-order valence-corrected chi connectivity index (χ0v) is 24.5. The highest BCUT2D eigenvalue weighted by Gasteiger charge is 2.54. The zero-order valence-electron chi connectivity index (χ0n) is 24.5. The van der Waals surface area contributed by atoms with Crippen LogP contribution in [0.25, 0.3) is 11.0 Å². The Balaban J connectivity index is 1.08. The monoisotopic (exact) mass is 572 g/mol. The predicted molar refractivity (Wildman–Crippen MR) is 159 cm³/mol. The number of rotatable bonds is 7. The number of halogens is 1. The van der Waals surface area contributed by atoms with Crippen LogP contribution in [0, 0.1) is 18.2 Å². The van der Waals surface area contributed by atoms with Gasteiger partial charge in [0.2, 0.25) is 5.91 Å². The van der Waals surface area contributed by atoms with Gasteiger partial charge in [-0.15, -0.1) is 0 Å². The van der Waals surface area contributed by atoms with Crippen molar-refractivity contribution in [2.45, 2.75) is 94.7 Å². The first-order valence-corrected chi connectivity index (χ1v) is 15.8. The molecule has 222 valence electrons. The van der Waals surface area contributed by atoms with Gasteiger partial charge in [0.05, 0.1) is 11.0 Å². The highest BCUT2D eigenvalue weighted by atomic mass is 19.1. The van der Waals surface area contributed by atoms with Crippen LogP contribution >= 0.6 is 0 Å². The van der Waals surface area contributed by atoms with E-state index in [9.17, 15) is 19.1 Å². The fourth-order valence-electron chi connectivity index (χ4n) is 8.78. The fraction of sp³-hybridized carbons (Fsp3) is 0.559. The third-order valence-electron chi connectivity index (χ3n) is 11.3. The lowest BCUT2D eigenvalue weighted by Gasteiger charge is -2.47. The number of aromatic nitrogens is 2. The first kappa shape index (κ1) is 27.6. The standard InChI is InChI=1S/C34H41FN4O3/c1-23-36-29-8-2-3-9-30(29)39(23)28-21-26-10-11-27(22-28)38(26)19-16-33(24-6-4-7-25(35)20-24)14-17-37(18-15-33)31(40)34(32(41)42)12-5-13-34/h2-4,6-9,20,26-28H,5,10-19,21-22H2,1H3,(H,41,42)/t26-,27+,28+. The van der Waals surface area contributed by atoms with Crippen molar-refractivity contribution in [3.8, 4) is 0 Å². The Kier molecular flexibility index (Phi) is 6.87. The van der Waals surface area contributed by atoms with Crippen molar-refractivity contribution in [2.24, 2.45) is 5.41 Å². The molecule has 0 unspecified atom stereocenters. The summed E-state index contributed by atoms with van der Waals surface area (Å²) in [5, 5.41) is 9.83. The van der Waals surface area contributed by atoms with Gasteiger partial charge >= 0.3 is 5.97 Å². The summed E-state index contributed by atoms with van der Waals surface area (Å²) in [4.78, 5) is 34.7. The molecule has 7 nitrogen and oxygen atoms in total. The summed E-state index contributed by atoms with van der Waals surface area (Å²) in [6, 6.07) is 16.9. The van der Waals surface area contributed by atoms with Crippen LogP contribution in [0.1, 0.15) is 81.6 Å². The molecule has 3 aromatic rings. The molecule has 1 amide bonds. The van der Waals surface area contributed by atoms with Gasteiger partial charge in [-0.25, -0.2) is 9.37 Å². The molecule has 2 aromatic carbocycles. The number of piperidine rings is 2. The number of imidazole rings is 1. The maximum absolute atomic E-state index is 14.5. The van der Waals surface area contributed by atoms with Gasteiger partial charge in [0.15, 0.2) is 0 Å². The number of aryl methyl sites for hydroxylation is 1. The molecule has 0 spiro atoms. The second-order valence-electron chi connectivity index (χ2n) is 13.3. The van der Waals surface area contributed by atoms with Gasteiger partial charge in [-0.1, -0.05) is 30.7 Å². The fourth-order valence-corrected chi connectivity index (χ4v) is 8.78. The molecule has 4 fully saturated rings. The van der Waals surface area contributed by atoms with Crippen molar-refractivity contribution in [3.05, 3.63) is 65.7 Å². The molecule has 1 saturated carbocycles. The molecule has 3 aliphatic heterocycles. The van der Waals surface area contributed by atoms with Gasteiger partial charge < -0.3 is 14.6 Å². The first-order valence-electron chi connectivity index (χ1n) is 15.8. The van der Waals surface area contributed by atoms with Crippen LogP contribution in [-0.4, -0.2) is 68.1 Å². The largest absolute Gasteiger partial charge is 0.480 e. The molecule has 3 saturated heterocycles. The number of aliphatic carboxylic acids is 1. The molecule has 1 aromatic heterocycles. The quantitative estimate of drug-likeness (QED) is 0.359. The number of carboxylic acids is 1. The van der Waals surface area contributed by atoms with Crippen LogP contribution in [0.5, 0.6) is 0 Å². The number of hydrogen-bond acceptors (Lipinski definition) is 4. The van der Waals surface area contributed by atoms with Gasteiger partial charge in [-0.3, -0.25) is 14.5 Å². The number of benzene rings is 2. The smallest absolute Gasteiger partial charge is 0.319 e. The number of hydrogen-bond donors (Lipinski definition) is 1. The number of carboxylic acid groups (broad SMARTS) is 1. The zero-order chi connectivity index (χ0) is 29.1. The van der Waals surface area contributed by atoms with E-state index in [1.165, 1.54) is 24.4 Å². The molecule has 8 heteroatoms. The number of amides is 1. The molecular formula is C34H41FN4O3. The summed E-state index contributed by atoms with van der Waals surface area (Å²) >= 11 is 0. The molecule has 1 aliphatic carbocycles. The van der Waals surface area contributed by atoms with E-state index >= 15 is 0 Å². The van der Waals surface area contributed by atoms with Gasteiger partial charge in [0.25, 0.3) is 0 Å². The van der Waals surface area contributed by atoms with E-state index < -0.39 is 11.4 Å². The molecule has 42 heavy (non-hydrogen) atoms. The van der Waals surface area contributed by atoms with E-state index in [1.807, 2.05) is 6.07 Å². The number of carbonyl (C=O) groups excluding carboxylic acids is 1. The summed E-state index contributed by atoms with van der Waals surface area (Å²) < 4.78 is 17.0. The summed E-state index contributed by atoms with van der Waals surface area (Å²) in [7, 11) is 0. The van der Waals surface area contributed by atoms with Gasteiger partial charge in [0.1, 0.15) is 17.1 Å². The predicted octanol–water partition coefficient (Wildman–Crippen LogP) is 5.86. The number of likely N-dealkylation sites (tertiary alicyclic amines) is 1. The molecule has 4 heterocycles. The van der Waals surface area contributed by atoms with Crippen molar-refractivity contribution in [2.75, 3.05) is 19.6 Å². The van der Waals surface area contributed by atoms with Crippen molar-refractivity contribution >= 4 is 22.9 Å². The second-order valence-corrected chi connectivity index (χ2v) is 13.3. The summed E-state index contributed by atoms with van der Waals surface area (Å²) in [5.74, 6) is -0.351. The Bertz CT molecular complexity index is 1490. The Labute approximate surface area is 246 Å². The maximum atomic E-state index is 14.5. The minimum atomic E-state index is -1.23. The van der Waals surface area contributed by atoms with E-state index in [-0.39, 0.29) is 17.1 Å². The van der Waals surface area contributed by atoms with E-state index in [4.69, 9.17) is 4.98 Å². The highest BCUT2D eigenvalue weighted by Crippen LogP contribution is 2.47. The van der Waals surface area contributed by atoms with Gasteiger partial charge in [0, 0.05) is 31.2 Å². The van der Waals surface area contributed by atoms with Gasteiger partial charge in [-0.05, 0) is 106 Å². The lowest BCUT2D eigenvalue weighted by molar-refractivity contribution is -0.168. The second kappa shape index (κ2) is 10.5. The van der Waals surface area contributed by atoms with Gasteiger partial charge in [-0.2, -0.15) is 0 Å². The minimum absolute atomic E-state index is 0.225. The highest BCUT2D eigenvalue weighted by molar-refractivity contribution is 6.02. The third-order valence-corrected chi connectivity index (χ3v) is 11.3. The molecule has 1 N–H and O–H groups in total. The average Bonchev–Trinajstić information content (AvgIpc) is 3.41. The topological polar surface area (TPSA) is 78.7 Å². The Morgan fingerprint density at radius 1 is 0.976 bits per heavy atom. The van der Waals surface area contributed by atoms with Crippen molar-refractivity contribution < 1.29 is 19.1 Å². The Morgan fingerprint density at radius 3 is 2.33 bits per heavy atom. The molecule has 7 rings (SSSR count). The summed E-state index contributed by atoms with van der Waals surface area (Å²) in [5.41, 5.74) is 1.84.